The highest BCUT2D eigenvalue weighted by molar-refractivity contribution is 6.32. The molecule has 6 nitrogen and oxygen atoms in total. The highest BCUT2D eigenvalue weighted by Crippen LogP contribution is 2.36. The van der Waals surface area contributed by atoms with Crippen LogP contribution in [0.4, 0.5) is 10.1 Å². The Labute approximate surface area is 148 Å². The molecule has 1 amide bonds. The van der Waals surface area contributed by atoms with Crippen molar-refractivity contribution >= 4 is 29.2 Å². The molecule has 0 unspecified atom stereocenters. The first-order valence-electron chi connectivity index (χ1n) is 7.08. The molecule has 2 rings (SSSR count). The van der Waals surface area contributed by atoms with Crippen molar-refractivity contribution in [3.8, 4) is 11.5 Å². The van der Waals surface area contributed by atoms with Crippen LogP contribution in [-0.4, -0.2) is 32.7 Å². The van der Waals surface area contributed by atoms with Gasteiger partial charge in [0.15, 0.2) is 18.1 Å². The number of nitrogens with one attached hydrogen (secondary N) is 1. The predicted molar refractivity (Wildman–Crippen MR) is 89.9 cm³/mol. The van der Waals surface area contributed by atoms with Gasteiger partial charge in [-0.15, -0.1) is 0 Å². The van der Waals surface area contributed by atoms with Gasteiger partial charge < -0.3 is 19.5 Å². The van der Waals surface area contributed by atoms with E-state index in [2.05, 4.69) is 5.32 Å². The van der Waals surface area contributed by atoms with Gasteiger partial charge in [-0.05, 0) is 30.3 Å². The van der Waals surface area contributed by atoms with Crippen molar-refractivity contribution in [2.24, 2.45) is 0 Å². The second-order valence-corrected chi connectivity index (χ2v) is 5.24. The minimum atomic E-state index is -0.766. The Morgan fingerprint density at radius 2 is 1.92 bits per heavy atom. The molecule has 1 N–H and O–H groups in total. The van der Waals surface area contributed by atoms with Crippen molar-refractivity contribution in [2.45, 2.75) is 0 Å². The van der Waals surface area contributed by atoms with Crippen LogP contribution < -0.4 is 14.8 Å². The Bertz CT molecular complexity index is 797. The fourth-order valence-electron chi connectivity index (χ4n) is 2.01. The van der Waals surface area contributed by atoms with Crippen molar-refractivity contribution in [1.82, 2.24) is 0 Å². The number of benzene rings is 2. The molecule has 0 saturated carbocycles. The summed E-state index contributed by atoms with van der Waals surface area (Å²) in [5, 5.41) is 2.58. The molecule has 0 aliphatic rings. The normalized spacial score (nSPS) is 10.1. The lowest BCUT2D eigenvalue weighted by Crippen LogP contribution is -2.21. The summed E-state index contributed by atoms with van der Waals surface area (Å²) >= 11 is 6.01. The third kappa shape index (κ3) is 4.84. The average Bonchev–Trinajstić information content (AvgIpc) is 2.58. The summed E-state index contributed by atoms with van der Waals surface area (Å²) in [6, 6.07) is 8.08. The number of amides is 1. The minimum Gasteiger partial charge on any atom is -0.493 e. The number of carbonyl (C=O) groups is 2. The molecule has 25 heavy (non-hydrogen) atoms. The number of anilines is 1. The lowest BCUT2D eigenvalue weighted by atomic mass is 10.2. The summed E-state index contributed by atoms with van der Waals surface area (Å²) in [4.78, 5) is 23.8. The van der Waals surface area contributed by atoms with Crippen LogP contribution in [0.1, 0.15) is 10.4 Å². The van der Waals surface area contributed by atoms with Gasteiger partial charge in [0, 0.05) is 5.69 Å². The van der Waals surface area contributed by atoms with E-state index in [4.69, 9.17) is 25.8 Å². The number of hydrogen-bond donors (Lipinski definition) is 1. The Balaban J connectivity index is 2.00. The Morgan fingerprint density at radius 3 is 2.56 bits per heavy atom. The van der Waals surface area contributed by atoms with Crippen LogP contribution in [0.5, 0.6) is 11.5 Å². The van der Waals surface area contributed by atoms with Crippen LogP contribution in [0.25, 0.3) is 0 Å². The second kappa shape index (κ2) is 8.34. The van der Waals surface area contributed by atoms with Crippen LogP contribution in [0.15, 0.2) is 36.4 Å². The first kappa shape index (κ1) is 18.5. The molecule has 132 valence electrons. The fourth-order valence-corrected chi connectivity index (χ4v) is 2.30. The second-order valence-electron chi connectivity index (χ2n) is 4.83. The van der Waals surface area contributed by atoms with E-state index in [-0.39, 0.29) is 27.8 Å². The molecular formula is C17H15ClFNO5. The molecule has 0 saturated heterocycles. The van der Waals surface area contributed by atoms with Crippen molar-refractivity contribution < 1.29 is 28.2 Å². The van der Waals surface area contributed by atoms with Crippen LogP contribution in [0.2, 0.25) is 5.02 Å². The van der Waals surface area contributed by atoms with Gasteiger partial charge in [0.1, 0.15) is 5.82 Å². The Morgan fingerprint density at radius 1 is 1.16 bits per heavy atom. The van der Waals surface area contributed by atoms with E-state index in [1.54, 1.807) is 0 Å². The molecule has 0 aliphatic heterocycles. The molecule has 8 heteroatoms. The van der Waals surface area contributed by atoms with Gasteiger partial charge in [-0.3, -0.25) is 4.79 Å². The number of rotatable bonds is 6. The number of halogens is 2. The molecule has 0 bridgehead atoms. The van der Waals surface area contributed by atoms with Crippen LogP contribution in [0.3, 0.4) is 0 Å². The van der Waals surface area contributed by atoms with Crippen molar-refractivity contribution in [2.75, 3.05) is 26.1 Å². The fraction of sp³-hybridized carbons (Fsp3) is 0.176. The van der Waals surface area contributed by atoms with Crippen molar-refractivity contribution in [3.05, 3.63) is 52.8 Å². The summed E-state index contributed by atoms with van der Waals surface area (Å²) in [5.41, 5.74) is 0.358. The predicted octanol–water partition coefficient (Wildman–Crippen LogP) is 3.29. The highest BCUT2D eigenvalue weighted by Gasteiger charge is 2.17. The van der Waals surface area contributed by atoms with Crippen molar-refractivity contribution in [3.63, 3.8) is 0 Å². The summed E-state index contributed by atoms with van der Waals surface area (Å²) in [7, 11) is 2.81. The quantitative estimate of drug-likeness (QED) is 0.793. The zero-order valence-corrected chi connectivity index (χ0v) is 14.2. The van der Waals surface area contributed by atoms with Crippen molar-refractivity contribution in [1.29, 1.82) is 0 Å². The summed E-state index contributed by atoms with van der Waals surface area (Å²) in [6.07, 6.45) is 0. The molecule has 0 radical (unpaired) electrons. The lowest BCUT2D eigenvalue weighted by Gasteiger charge is -2.11. The molecular weight excluding hydrogens is 353 g/mol. The van der Waals surface area contributed by atoms with Gasteiger partial charge in [0.05, 0.1) is 24.8 Å². The molecule has 0 spiro atoms. The number of carbonyl (C=O) groups excluding carboxylic acids is 2. The highest BCUT2D eigenvalue weighted by atomic mass is 35.5. The maximum Gasteiger partial charge on any atom is 0.338 e. The van der Waals surface area contributed by atoms with E-state index in [0.29, 0.717) is 0 Å². The molecule has 2 aromatic rings. The molecule has 0 atom stereocenters. The monoisotopic (exact) mass is 367 g/mol. The van der Waals surface area contributed by atoms with Gasteiger partial charge in [0.2, 0.25) is 0 Å². The van der Waals surface area contributed by atoms with Crippen LogP contribution in [-0.2, 0) is 9.53 Å². The third-order valence-electron chi connectivity index (χ3n) is 3.11. The van der Waals surface area contributed by atoms with Crippen LogP contribution in [0, 0.1) is 5.82 Å². The first-order valence-corrected chi connectivity index (χ1v) is 7.46. The lowest BCUT2D eigenvalue weighted by molar-refractivity contribution is -0.119. The average molecular weight is 368 g/mol. The van der Waals surface area contributed by atoms with Gasteiger partial charge >= 0.3 is 5.97 Å². The number of ether oxygens (including phenoxy) is 3. The molecule has 2 aromatic carbocycles. The third-order valence-corrected chi connectivity index (χ3v) is 3.39. The summed E-state index contributed by atoms with van der Waals surface area (Å²) in [5.74, 6) is -1.33. The standard InChI is InChI=1S/C17H15ClFNO5/c1-23-14-7-10(6-13(18)16(14)24-2)17(22)25-9-15(21)20-12-5-3-4-11(19)8-12/h3-8H,9H2,1-2H3,(H,20,21). The zero-order valence-electron chi connectivity index (χ0n) is 13.5. The van der Waals surface area contributed by atoms with E-state index in [1.807, 2.05) is 0 Å². The Hall–Kier alpha value is -2.80. The van der Waals surface area contributed by atoms with E-state index >= 15 is 0 Å². The Kier molecular flexibility index (Phi) is 6.19. The largest absolute Gasteiger partial charge is 0.493 e. The van der Waals surface area contributed by atoms with Gasteiger partial charge in [-0.1, -0.05) is 17.7 Å². The molecule has 0 aliphatic carbocycles. The summed E-state index contributed by atoms with van der Waals surface area (Å²) < 4.78 is 28.1. The topological polar surface area (TPSA) is 73.9 Å². The smallest absolute Gasteiger partial charge is 0.338 e. The molecule has 0 fully saturated rings. The maximum atomic E-state index is 13.1. The number of esters is 1. The van der Waals surface area contributed by atoms with Gasteiger partial charge in [-0.2, -0.15) is 0 Å². The van der Waals surface area contributed by atoms with Gasteiger partial charge in [0.25, 0.3) is 5.91 Å². The van der Waals surface area contributed by atoms with E-state index in [0.717, 1.165) is 6.07 Å². The van der Waals surface area contributed by atoms with E-state index < -0.39 is 24.3 Å². The van der Waals surface area contributed by atoms with Crippen LogP contribution >= 0.6 is 11.6 Å². The van der Waals surface area contributed by atoms with Gasteiger partial charge in [-0.25, -0.2) is 9.18 Å². The zero-order chi connectivity index (χ0) is 18.4. The van der Waals surface area contributed by atoms with E-state index in [9.17, 15) is 14.0 Å². The molecule has 0 aromatic heterocycles. The molecule has 0 heterocycles. The number of hydrogen-bond acceptors (Lipinski definition) is 5. The maximum absolute atomic E-state index is 13.1. The van der Waals surface area contributed by atoms with E-state index in [1.165, 1.54) is 44.6 Å². The SMILES string of the molecule is COc1cc(C(=O)OCC(=O)Nc2cccc(F)c2)cc(Cl)c1OC. The minimum absolute atomic E-state index is 0.0983. The number of methoxy groups -OCH3 is 2. The first-order chi connectivity index (χ1) is 11.9. The summed E-state index contributed by atoms with van der Waals surface area (Å²) in [6.45, 7) is -0.540.